The van der Waals surface area contributed by atoms with Crippen molar-refractivity contribution in [2.24, 2.45) is 0 Å². The maximum atomic E-state index is 13.2. The van der Waals surface area contributed by atoms with Crippen molar-refractivity contribution in [3.05, 3.63) is 77.1 Å². The molecular weight excluding hydrogens is 722 g/mol. The molecule has 7 amide bonds. The van der Waals surface area contributed by atoms with E-state index in [4.69, 9.17) is 9.72 Å². The van der Waals surface area contributed by atoms with Gasteiger partial charge >= 0.3 is 0 Å². The summed E-state index contributed by atoms with van der Waals surface area (Å²) in [6, 6.07) is 10.4. The number of piperidine rings is 1. The number of nitrogens with one attached hydrogen (secondary N) is 4. The van der Waals surface area contributed by atoms with Gasteiger partial charge in [-0.3, -0.25) is 43.8 Å². The van der Waals surface area contributed by atoms with Crippen LogP contribution >= 0.6 is 0 Å². The first-order valence-electron chi connectivity index (χ1n) is 18.5. The molecule has 290 valence electrons. The average molecular weight is 764 g/mol. The molecule has 1 unspecified atom stereocenters. The van der Waals surface area contributed by atoms with Gasteiger partial charge in [-0.05, 0) is 62.1 Å². The fraction of sp³-hybridized carbons (Fsp3) is 0.359. The number of amides is 7. The molecule has 1 saturated heterocycles. The second kappa shape index (κ2) is 16.0. The monoisotopic (exact) mass is 763 g/mol. The molecule has 7 rings (SSSR count). The van der Waals surface area contributed by atoms with Gasteiger partial charge in [0.1, 0.15) is 17.4 Å². The van der Waals surface area contributed by atoms with Crippen molar-refractivity contribution in [1.82, 2.24) is 40.3 Å². The SMILES string of the molecule is CN(C)C(=O)c1cn(C2CCCC2)c2nc(Nc3ccc(C(=O)NCCCNC(=O)COc4cccc5c4C(=O)N(C4CCC(=O)NC4=O)C5=O)cc3)ncc12. The maximum absolute atomic E-state index is 13.2. The van der Waals surface area contributed by atoms with E-state index in [1.54, 1.807) is 49.5 Å². The minimum Gasteiger partial charge on any atom is -0.483 e. The first kappa shape index (κ1) is 37.7. The molecule has 0 radical (unpaired) electrons. The van der Waals surface area contributed by atoms with Crippen LogP contribution in [0.5, 0.6) is 5.75 Å². The summed E-state index contributed by atoms with van der Waals surface area (Å²) >= 11 is 0. The molecule has 3 aliphatic rings. The van der Waals surface area contributed by atoms with Crippen molar-refractivity contribution in [3.8, 4) is 5.75 Å². The molecular formula is C39H41N9O8. The number of rotatable bonds is 13. The van der Waals surface area contributed by atoms with Crippen LogP contribution in [0.3, 0.4) is 0 Å². The Kier molecular flexibility index (Phi) is 10.7. The van der Waals surface area contributed by atoms with Crippen molar-refractivity contribution in [1.29, 1.82) is 0 Å². The molecule has 4 heterocycles. The summed E-state index contributed by atoms with van der Waals surface area (Å²) < 4.78 is 7.71. The zero-order chi connectivity index (χ0) is 39.5. The van der Waals surface area contributed by atoms with E-state index < -0.39 is 42.2 Å². The number of ether oxygens (including phenoxy) is 1. The Labute approximate surface area is 321 Å². The van der Waals surface area contributed by atoms with Crippen molar-refractivity contribution in [3.63, 3.8) is 0 Å². The van der Waals surface area contributed by atoms with Crippen molar-refractivity contribution < 1.29 is 38.3 Å². The number of anilines is 2. The molecule has 56 heavy (non-hydrogen) atoms. The predicted molar refractivity (Wildman–Crippen MR) is 201 cm³/mol. The number of carbonyl (C=O) groups is 7. The Hall–Kier alpha value is -6.65. The number of imide groups is 2. The number of nitrogens with zero attached hydrogens (tertiary/aromatic N) is 5. The number of carbonyl (C=O) groups excluding carboxylic acids is 7. The van der Waals surface area contributed by atoms with Gasteiger partial charge in [0.15, 0.2) is 6.61 Å². The maximum Gasteiger partial charge on any atom is 0.266 e. The minimum absolute atomic E-state index is 0.00235. The third kappa shape index (κ3) is 7.65. The van der Waals surface area contributed by atoms with Gasteiger partial charge in [-0.25, -0.2) is 4.98 Å². The Morgan fingerprint density at radius 1 is 0.946 bits per heavy atom. The second-order valence-electron chi connectivity index (χ2n) is 14.1. The van der Waals surface area contributed by atoms with Gasteiger partial charge in [-0.15, -0.1) is 0 Å². The summed E-state index contributed by atoms with van der Waals surface area (Å²) in [6.07, 6.45) is 8.34. The molecule has 4 aromatic rings. The van der Waals surface area contributed by atoms with E-state index in [9.17, 15) is 33.6 Å². The molecule has 2 aromatic carbocycles. The molecule has 1 aliphatic carbocycles. The zero-order valence-electron chi connectivity index (χ0n) is 30.9. The lowest BCUT2D eigenvalue weighted by Crippen LogP contribution is -2.54. The van der Waals surface area contributed by atoms with E-state index >= 15 is 0 Å². The van der Waals surface area contributed by atoms with E-state index in [1.807, 2.05) is 6.20 Å². The predicted octanol–water partition coefficient (Wildman–Crippen LogP) is 2.71. The van der Waals surface area contributed by atoms with Crippen LogP contribution < -0.4 is 26.0 Å². The smallest absolute Gasteiger partial charge is 0.266 e. The third-order valence-electron chi connectivity index (χ3n) is 10.1. The fourth-order valence-electron chi connectivity index (χ4n) is 7.21. The Morgan fingerprint density at radius 3 is 2.43 bits per heavy atom. The number of aromatic nitrogens is 3. The summed E-state index contributed by atoms with van der Waals surface area (Å²) in [5.74, 6) is -3.08. The molecule has 1 atom stereocenters. The number of hydrogen-bond donors (Lipinski definition) is 4. The van der Waals surface area contributed by atoms with Gasteiger partial charge in [-0.1, -0.05) is 18.9 Å². The molecule has 2 fully saturated rings. The Bertz CT molecular complexity index is 2240. The van der Waals surface area contributed by atoms with Crippen LogP contribution in [0.2, 0.25) is 0 Å². The molecule has 1 saturated carbocycles. The molecule has 0 bridgehead atoms. The van der Waals surface area contributed by atoms with Gasteiger partial charge in [0, 0.05) is 63.3 Å². The van der Waals surface area contributed by atoms with Crippen molar-refractivity contribution in [2.45, 2.75) is 57.0 Å². The van der Waals surface area contributed by atoms with E-state index in [0.29, 0.717) is 40.2 Å². The lowest BCUT2D eigenvalue weighted by atomic mass is 10.0. The largest absolute Gasteiger partial charge is 0.483 e. The Morgan fingerprint density at radius 2 is 1.70 bits per heavy atom. The van der Waals surface area contributed by atoms with Gasteiger partial charge in [0.2, 0.25) is 17.8 Å². The van der Waals surface area contributed by atoms with Gasteiger partial charge < -0.3 is 30.2 Å². The second-order valence-corrected chi connectivity index (χ2v) is 14.1. The van der Waals surface area contributed by atoms with Crippen LogP contribution in [0.4, 0.5) is 11.6 Å². The zero-order valence-corrected chi connectivity index (χ0v) is 30.9. The lowest BCUT2D eigenvalue weighted by molar-refractivity contribution is -0.136. The molecule has 17 heteroatoms. The summed E-state index contributed by atoms with van der Waals surface area (Å²) in [5, 5.41) is 11.6. The molecule has 2 aliphatic heterocycles. The van der Waals surface area contributed by atoms with Crippen LogP contribution in [-0.2, 0) is 14.4 Å². The van der Waals surface area contributed by atoms with Crippen LogP contribution in [-0.4, -0.2) is 106 Å². The van der Waals surface area contributed by atoms with Gasteiger partial charge in [-0.2, -0.15) is 4.98 Å². The van der Waals surface area contributed by atoms with E-state index in [0.717, 1.165) is 30.6 Å². The van der Waals surface area contributed by atoms with Gasteiger partial charge in [0.25, 0.3) is 29.5 Å². The summed E-state index contributed by atoms with van der Waals surface area (Å²) in [6.45, 7) is 0.0797. The van der Waals surface area contributed by atoms with E-state index in [-0.39, 0.29) is 60.7 Å². The summed E-state index contributed by atoms with van der Waals surface area (Å²) in [5.41, 5.74) is 2.39. The summed E-state index contributed by atoms with van der Waals surface area (Å²) in [4.78, 5) is 100.0. The van der Waals surface area contributed by atoms with E-state index in [2.05, 4.69) is 30.8 Å². The standard InChI is InChI=1S/C39H41N9O8/c1-46(2)36(53)27-20-47(24-7-3-4-8-24)33-26(27)19-42-39(45-33)43-23-13-11-22(12-14-23)34(51)41-18-6-17-40-31(50)21-56-29-10-5-9-25-32(29)38(55)48(37(25)54)28-15-16-30(49)44-35(28)52/h5,9-14,19-20,24,28H,3-4,6-8,15-18,21H2,1-2H3,(H,40,50)(H,41,51)(H,42,43,45)(H,44,49,52). The van der Waals surface area contributed by atoms with Crippen LogP contribution in [0.25, 0.3) is 11.0 Å². The molecule has 4 N–H and O–H groups in total. The first-order chi connectivity index (χ1) is 27.0. The highest BCUT2D eigenvalue weighted by atomic mass is 16.5. The molecule has 17 nitrogen and oxygen atoms in total. The van der Waals surface area contributed by atoms with Crippen molar-refractivity contribution in [2.75, 3.05) is 39.1 Å². The topological polar surface area (TPSA) is 214 Å². The quantitative estimate of drug-likeness (QED) is 0.115. The summed E-state index contributed by atoms with van der Waals surface area (Å²) in [7, 11) is 3.44. The number of hydrogen-bond acceptors (Lipinski definition) is 11. The normalized spacial score (nSPS) is 16.8. The van der Waals surface area contributed by atoms with Crippen LogP contribution in [0.15, 0.2) is 54.9 Å². The van der Waals surface area contributed by atoms with E-state index in [1.165, 1.54) is 18.2 Å². The van der Waals surface area contributed by atoms with Crippen LogP contribution in [0.1, 0.15) is 92.4 Å². The number of fused-ring (bicyclic) bond motifs is 2. The molecule has 0 spiro atoms. The average Bonchev–Trinajstić information content (AvgIpc) is 3.91. The van der Waals surface area contributed by atoms with Gasteiger partial charge in [0.05, 0.1) is 22.1 Å². The highest BCUT2D eigenvalue weighted by Crippen LogP contribution is 2.35. The molecule has 2 aromatic heterocycles. The Balaban J connectivity index is 0.867. The van der Waals surface area contributed by atoms with Crippen molar-refractivity contribution >= 4 is 64.0 Å². The first-order valence-corrected chi connectivity index (χ1v) is 18.5. The minimum atomic E-state index is -1.12. The third-order valence-corrected chi connectivity index (χ3v) is 10.1. The fourth-order valence-corrected chi connectivity index (χ4v) is 7.21. The number of benzene rings is 2. The van der Waals surface area contributed by atoms with Crippen LogP contribution in [0, 0.1) is 0 Å². The lowest BCUT2D eigenvalue weighted by Gasteiger charge is -2.27. The highest BCUT2D eigenvalue weighted by Gasteiger charge is 2.46. The highest BCUT2D eigenvalue weighted by molar-refractivity contribution is 6.24.